The molecule has 3 N–H and O–H groups in total. The lowest BCUT2D eigenvalue weighted by Crippen LogP contribution is -2.28. The third kappa shape index (κ3) is 8.25. The molecule has 0 saturated heterocycles. The number of hydrogen-bond donors (Lipinski definition) is 3. The summed E-state index contributed by atoms with van der Waals surface area (Å²) in [6, 6.07) is 6.47. The van der Waals surface area contributed by atoms with Crippen LogP contribution in [-0.2, 0) is 35.1 Å². The van der Waals surface area contributed by atoms with Crippen LogP contribution in [0.4, 0.5) is 17.5 Å². The number of ether oxygens (including phenoxy) is 2. The Labute approximate surface area is 218 Å². The number of Topliss-reactive ketones (excluding diaryl/α,β-unsaturated/α-hetero) is 1. The van der Waals surface area contributed by atoms with Gasteiger partial charge in [-0.1, -0.05) is 0 Å². The molecule has 1 aromatic carbocycles. The average Bonchev–Trinajstić information content (AvgIpc) is 2.86. The third-order valence-electron chi connectivity index (χ3n) is 5.56. The minimum absolute atomic E-state index is 0.0418. The fourth-order valence-electron chi connectivity index (χ4n) is 3.58. The van der Waals surface area contributed by atoms with E-state index in [2.05, 4.69) is 25.3 Å². The first-order chi connectivity index (χ1) is 18.0. The van der Waals surface area contributed by atoms with Crippen LogP contribution in [0.1, 0.15) is 42.6 Å². The number of likely N-dealkylation sites (N-methyl/N-ethyl adjacent to an activating group) is 1. The van der Waals surface area contributed by atoms with E-state index in [1.165, 1.54) is 28.1 Å². The maximum Gasteiger partial charge on any atom is 0.316 e. The lowest BCUT2D eigenvalue weighted by Gasteiger charge is -2.20. The summed E-state index contributed by atoms with van der Waals surface area (Å²) in [5, 5.41) is 4.89. The zero-order valence-corrected chi connectivity index (χ0v) is 21.9. The van der Waals surface area contributed by atoms with Crippen LogP contribution in [0.3, 0.4) is 0 Å². The van der Waals surface area contributed by atoms with E-state index in [9.17, 15) is 28.8 Å². The summed E-state index contributed by atoms with van der Waals surface area (Å²) in [5.41, 5.74) is 0.692. The fraction of sp³-hybridized carbons (Fsp3) is 0.400. The van der Waals surface area contributed by atoms with Gasteiger partial charge in [-0.2, -0.15) is 4.98 Å². The molecule has 0 fully saturated rings. The standard InChI is InChI=1S/C25H31N5O8/c1-14(31)26-22-19(23(35)29-25(28-22)27-15(2)32)12-13-30(3)17-8-6-16(7-9-17)21(34)18(24(36)38-5)10-11-20(33)37-4/h6-9,18H,10-13H2,1-5H3,(H3,26,27,28,29,31,32,35). The molecule has 2 aromatic rings. The zero-order chi connectivity index (χ0) is 28.4. The predicted octanol–water partition coefficient (Wildman–Crippen LogP) is 1.29. The molecule has 1 atom stereocenters. The summed E-state index contributed by atoms with van der Waals surface area (Å²) in [4.78, 5) is 80.5. The van der Waals surface area contributed by atoms with Gasteiger partial charge in [0.2, 0.25) is 17.8 Å². The topological polar surface area (TPSA) is 177 Å². The average molecular weight is 530 g/mol. The van der Waals surface area contributed by atoms with Gasteiger partial charge in [-0.15, -0.1) is 0 Å². The summed E-state index contributed by atoms with van der Waals surface area (Å²) < 4.78 is 9.31. The molecule has 0 radical (unpaired) electrons. The number of nitrogens with zero attached hydrogens (tertiary/aromatic N) is 2. The van der Waals surface area contributed by atoms with Crippen LogP contribution in [0.5, 0.6) is 0 Å². The van der Waals surface area contributed by atoms with Crippen LogP contribution in [-0.4, -0.2) is 67.3 Å². The van der Waals surface area contributed by atoms with Gasteiger partial charge >= 0.3 is 11.9 Å². The molecule has 2 amide bonds. The van der Waals surface area contributed by atoms with Crippen molar-refractivity contribution in [3.8, 4) is 0 Å². The van der Waals surface area contributed by atoms with Gasteiger partial charge in [-0.3, -0.25) is 39.1 Å². The van der Waals surface area contributed by atoms with E-state index in [1.54, 1.807) is 31.3 Å². The first-order valence-corrected chi connectivity index (χ1v) is 11.6. The zero-order valence-electron chi connectivity index (χ0n) is 21.9. The van der Waals surface area contributed by atoms with E-state index in [4.69, 9.17) is 4.74 Å². The van der Waals surface area contributed by atoms with E-state index in [-0.39, 0.29) is 42.2 Å². The number of esters is 2. The van der Waals surface area contributed by atoms with Crippen molar-refractivity contribution in [3.63, 3.8) is 0 Å². The Morgan fingerprint density at radius 2 is 1.63 bits per heavy atom. The van der Waals surface area contributed by atoms with Crippen LogP contribution in [0, 0.1) is 5.92 Å². The lowest BCUT2D eigenvalue weighted by atomic mass is 9.93. The molecule has 0 spiro atoms. The molecule has 0 bridgehead atoms. The van der Waals surface area contributed by atoms with Crippen LogP contribution < -0.4 is 21.1 Å². The molecule has 13 nitrogen and oxygen atoms in total. The number of aromatic amines is 1. The number of rotatable bonds is 12. The maximum absolute atomic E-state index is 12.9. The molecule has 0 aliphatic carbocycles. The summed E-state index contributed by atoms with van der Waals surface area (Å²) in [7, 11) is 4.17. The number of benzene rings is 1. The van der Waals surface area contributed by atoms with Crippen molar-refractivity contribution in [2.75, 3.05) is 43.3 Å². The molecule has 0 aliphatic rings. The molecule has 1 aromatic heterocycles. The third-order valence-corrected chi connectivity index (χ3v) is 5.56. The molecule has 0 aliphatic heterocycles. The second-order valence-corrected chi connectivity index (χ2v) is 8.38. The second kappa shape index (κ2) is 13.7. The van der Waals surface area contributed by atoms with Gasteiger partial charge in [0.15, 0.2) is 5.78 Å². The Balaban J connectivity index is 2.17. The number of carbonyl (C=O) groups excluding carboxylic acids is 5. The lowest BCUT2D eigenvalue weighted by molar-refractivity contribution is -0.145. The van der Waals surface area contributed by atoms with Gasteiger partial charge in [0, 0.05) is 45.1 Å². The van der Waals surface area contributed by atoms with Crippen molar-refractivity contribution in [2.45, 2.75) is 33.1 Å². The van der Waals surface area contributed by atoms with Crippen molar-refractivity contribution in [3.05, 3.63) is 45.7 Å². The molecule has 13 heteroatoms. The number of anilines is 3. The van der Waals surface area contributed by atoms with E-state index >= 15 is 0 Å². The van der Waals surface area contributed by atoms with Gasteiger partial charge in [-0.05, 0) is 37.1 Å². The Morgan fingerprint density at radius 3 is 2.18 bits per heavy atom. The van der Waals surface area contributed by atoms with E-state index < -0.39 is 41.0 Å². The first-order valence-electron chi connectivity index (χ1n) is 11.6. The van der Waals surface area contributed by atoms with E-state index in [1.807, 2.05) is 4.90 Å². The number of amides is 2. The molecule has 2 rings (SSSR count). The maximum atomic E-state index is 12.9. The number of aromatic nitrogens is 2. The van der Waals surface area contributed by atoms with Gasteiger partial charge in [0.25, 0.3) is 5.56 Å². The van der Waals surface area contributed by atoms with Crippen molar-refractivity contribution in [1.82, 2.24) is 9.97 Å². The number of hydrogen-bond acceptors (Lipinski definition) is 10. The van der Waals surface area contributed by atoms with Crippen LogP contribution in [0.15, 0.2) is 29.1 Å². The van der Waals surface area contributed by atoms with E-state index in [0.717, 1.165) is 0 Å². The number of H-pyrrole nitrogens is 1. The van der Waals surface area contributed by atoms with E-state index in [0.29, 0.717) is 12.2 Å². The molecular formula is C25H31N5O8. The van der Waals surface area contributed by atoms with Gasteiger partial charge in [-0.25, -0.2) is 0 Å². The fourth-order valence-corrected chi connectivity index (χ4v) is 3.58. The minimum atomic E-state index is -1.14. The summed E-state index contributed by atoms with van der Waals surface area (Å²) in [6.45, 7) is 2.88. The summed E-state index contributed by atoms with van der Waals surface area (Å²) in [6.07, 6.45) is 0.0519. The Kier molecular flexibility index (Phi) is 10.7. The highest BCUT2D eigenvalue weighted by Gasteiger charge is 2.29. The largest absolute Gasteiger partial charge is 0.469 e. The monoisotopic (exact) mass is 529 g/mol. The molecule has 0 saturated carbocycles. The molecule has 38 heavy (non-hydrogen) atoms. The van der Waals surface area contributed by atoms with Crippen molar-refractivity contribution < 1.29 is 33.4 Å². The number of methoxy groups -OCH3 is 2. The summed E-state index contributed by atoms with van der Waals surface area (Å²) >= 11 is 0. The number of carbonyl (C=O) groups is 5. The highest BCUT2D eigenvalue weighted by molar-refractivity contribution is 6.08. The smallest absolute Gasteiger partial charge is 0.316 e. The normalized spacial score (nSPS) is 11.2. The summed E-state index contributed by atoms with van der Waals surface area (Å²) in [5.74, 6) is -3.80. The van der Waals surface area contributed by atoms with Crippen LogP contribution >= 0.6 is 0 Å². The van der Waals surface area contributed by atoms with Crippen molar-refractivity contribution in [1.29, 1.82) is 0 Å². The molecule has 204 valence electrons. The SMILES string of the molecule is COC(=O)CCC(C(=O)OC)C(=O)c1ccc(N(C)CCc2c(NC(C)=O)nc(NC(C)=O)[nH]c2=O)cc1. The van der Waals surface area contributed by atoms with Crippen molar-refractivity contribution >= 4 is 47.0 Å². The van der Waals surface area contributed by atoms with Crippen LogP contribution in [0.2, 0.25) is 0 Å². The van der Waals surface area contributed by atoms with Crippen LogP contribution in [0.25, 0.3) is 0 Å². The molecular weight excluding hydrogens is 498 g/mol. The minimum Gasteiger partial charge on any atom is -0.469 e. The Morgan fingerprint density at radius 1 is 1.00 bits per heavy atom. The van der Waals surface area contributed by atoms with Gasteiger partial charge in [0.1, 0.15) is 11.7 Å². The number of ketones is 1. The molecule has 1 unspecified atom stereocenters. The molecule has 1 heterocycles. The Bertz CT molecular complexity index is 1260. The highest BCUT2D eigenvalue weighted by Crippen LogP contribution is 2.21. The number of nitrogens with one attached hydrogen (secondary N) is 3. The van der Waals surface area contributed by atoms with Crippen molar-refractivity contribution in [2.24, 2.45) is 5.92 Å². The van der Waals surface area contributed by atoms with Gasteiger partial charge < -0.3 is 19.7 Å². The Hall–Kier alpha value is -4.55. The second-order valence-electron chi connectivity index (χ2n) is 8.38. The van der Waals surface area contributed by atoms with Gasteiger partial charge in [0.05, 0.1) is 19.8 Å². The quantitative estimate of drug-likeness (QED) is 0.206. The highest BCUT2D eigenvalue weighted by atomic mass is 16.5. The first kappa shape index (κ1) is 29.7. The predicted molar refractivity (Wildman–Crippen MR) is 138 cm³/mol.